The lowest BCUT2D eigenvalue weighted by Gasteiger charge is -2.16. The molecule has 3 rings (SSSR count). The van der Waals surface area contributed by atoms with Crippen LogP contribution in [-0.4, -0.2) is 35.7 Å². The predicted molar refractivity (Wildman–Crippen MR) is 114 cm³/mol. The molecule has 9 heteroatoms. The summed E-state index contributed by atoms with van der Waals surface area (Å²) in [6.07, 6.45) is -2.47. The molecule has 3 amide bonds. The zero-order chi connectivity index (χ0) is 23.3. The summed E-state index contributed by atoms with van der Waals surface area (Å²) in [5.41, 5.74) is -0.139. The van der Waals surface area contributed by atoms with Crippen LogP contribution in [0.5, 0.6) is 0 Å². The van der Waals surface area contributed by atoms with Crippen LogP contribution < -0.4 is 10.6 Å². The van der Waals surface area contributed by atoms with E-state index in [1.54, 1.807) is 4.90 Å². The van der Waals surface area contributed by atoms with Gasteiger partial charge in [0, 0.05) is 36.4 Å². The topological polar surface area (TPSA) is 78.5 Å². The van der Waals surface area contributed by atoms with Crippen LogP contribution >= 0.6 is 0 Å². The van der Waals surface area contributed by atoms with Crippen LogP contribution in [0.15, 0.2) is 48.5 Å². The molecule has 0 aliphatic carbocycles. The van der Waals surface area contributed by atoms with Crippen LogP contribution in [0.4, 0.5) is 24.5 Å². The Kier molecular flexibility index (Phi) is 7.17. The highest BCUT2D eigenvalue weighted by atomic mass is 19.4. The van der Waals surface area contributed by atoms with Gasteiger partial charge in [0.05, 0.1) is 11.5 Å². The first-order valence-corrected chi connectivity index (χ1v) is 10.3. The molecule has 0 spiro atoms. The Morgan fingerprint density at radius 3 is 2.44 bits per heavy atom. The number of rotatable bonds is 7. The second kappa shape index (κ2) is 9.84. The highest BCUT2D eigenvalue weighted by molar-refractivity contribution is 6.05. The fourth-order valence-corrected chi connectivity index (χ4v) is 3.44. The number of anilines is 2. The van der Waals surface area contributed by atoms with Gasteiger partial charge in [-0.3, -0.25) is 14.4 Å². The molecule has 2 aromatic carbocycles. The molecule has 0 saturated carbocycles. The largest absolute Gasteiger partial charge is 0.416 e. The van der Waals surface area contributed by atoms with Crippen LogP contribution in [0, 0.1) is 5.92 Å². The normalized spacial score (nSPS) is 16.2. The molecule has 32 heavy (non-hydrogen) atoms. The number of nitrogens with zero attached hydrogens (tertiary/aromatic N) is 1. The van der Waals surface area contributed by atoms with Crippen molar-refractivity contribution in [2.45, 2.75) is 32.4 Å². The van der Waals surface area contributed by atoms with E-state index in [0.29, 0.717) is 18.8 Å². The van der Waals surface area contributed by atoms with E-state index in [2.05, 4.69) is 10.6 Å². The van der Waals surface area contributed by atoms with E-state index >= 15 is 0 Å². The summed E-state index contributed by atoms with van der Waals surface area (Å²) in [4.78, 5) is 38.6. The molecule has 170 valence electrons. The Balaban J connectivity index is 1.57. The van der Waals surface area contributed by atoms with Crippen molar-refractivity contribution in [3.8, 4) is 0 Å². The molecule has 1 saturated heterocycles. The summed E-state index contributed by atoms with van der Waals surface area (Å²) in [5, 5.41) is 5.18. The first-order chi connectivity index (χ1) is 15.2. The number of carbonyl (C=O) groups excluding carboxylic acids is 3. The monoisotopic (exact) mass is 447 g/mol. The molecular formula is C23H24F3N3O3. The van der Waals surface area contributed by atoms with Crippen LogP contribution in [-0.2, 0) is 15.8 Å². The number of hydrogen-bond donors (Lipinski definition) is 2. The average molecular weight is 447 g/mol. The smallest absolute Gasteiger partial charge is 0.342 e. The number of carbonyl (C=O) groups is 3. The van der Waals surface area contributed by atoms with Gasteiger partial charge in [0.2, 0.25) is 11.8 Å². The number of likely N-dealkylation sites (tertiary alicyclic amines) is 1. The number of unbranched alkanes of at least 4 members (excludes halogenated alkanes) is 1. The van der Waals surface area contributed by atoms with Gasteiger partial charge < -0.3 is 15.5 Å². The molecule has 1 heterocycles. The SMILES string of the molecule is CCCCN1C[C@H](C(=O)Nc2ccc(C(=O)Nc3cccc(C(F)(F)F)c3)cc2)CC1=O. The van der Waals surface area contributed by atoms with Crippen molar-refractivity contribution in [1.29, 1.82) is 0 Å². The van der Waals surface area contributed by atoms with Gasteiger partial charge in [-0.2, -0.15) is 13.2 Å². The molecule has 6 nitrogen and oxygen atoms in total. The number of alkyl halides is 3. The number of hydrogen-bond acceptors (Lipinski definition) is 3. The Bertz CT molecular complexity index is 990. The van der Waals surface area contributed by atoms with Gasteiger partial charge in [0.1, 0.15) is 0 Å². The van der Waals surface area contributed by atoms with Crippen molar-refractivity contribution in [3.63, 3.8) is 0 Å². The van der Waals surface area contributed by atoms with Gasteiger partial charge in [-0.15, -0.1) is 0 Å². The number of nitrogens with one attached hydrogen (secondary N) is 2. The van der Waals surface area contributed by atoms with Crippen molar-refractivity contribution >= 4 is 29.1 Å². The molecule has 0 radical (unpaired) electrons. The van der Waals surface area contributed by atoms with Crippen molar-refractivity contribution < 1.29 is 27.6 Å². The molecular weight excluding hydrogens is 423 g/mol. The second-order valence-electron chi connectivity index (χ2n) is 7.69. The summed E-state index contributed by atoms with van der Waals surface area (Å²) < 4.78 is 38.5. The van der Waals surface area contributed by atoms with E-state index in [4.69, 9.17) is 0 Å². The summed E-state index contributed by atoms with van der Waals surface area (Å²) in [6, 6.07) is 10.4. The predicted octanol–water partition coefficient (Wildman–Crippen LogP) is 4.54. The highest BCUT2D eigenvalue weighted by Gasteiger charge is 2.34. The van der Waals surface area contributed by atoms with E-state index in [0.717, 1.165) is 25.0 Å². The molecule has 0 aromatic heterocycles. The maximum Gasteiger partial charge on any atom is 0.416 e. The van der Waals surface area contributed by atoms with E-state index in [9.17, 15) is 27.6 Å². The van der Waals surface area contributed by atoms with Gasteiger partial charge in [0.25, 0.3) is 5.91 Å². The van der Waals surface area contributed by atoms with Crippen LogP contribution in [0.1, 0.15) is 42.1 Å². The maximum atomic E-state index is 12.8. The third-order valence-corrected chi connectivity index (χ3v) is 5.23. The lowest BCUT2D eigenvalue weighted by Crippen LogP contribution is -2.29. The van der Waals surface area contributed by atoms with E-state index in [-0.39, 0.29) is 29.5 Å². The van der Waals surface area contributed by atoms with Crippen LogP contribution in [0.3, 0.4) is 0 Å². The molecule has 1 aliphatic rings. The minimum Gasteiger partial charge on any atom is -0.342 e. The lowest BCUT2D eigenvalue weighted by atomic mass is 10.1. The Hall–Kier alpha value is -3.36. The third kappa shape index (κ3) is 5.87. The molecule has 1 fully saturated rings. The number of benzene rings is 2. The summed E-state index contributed by atoms with van der Waals surface area (Å²) >= 11 is 0. The number of amides is 3. The molecule has 0 bridgehead atoms. The fourth-order valence-electron chi connectivity index (χ4n) is 3.44. The first-order valence-electron chi connectivity index (χ1n) is 10.3. The zero-order valence-corrected chi connectivity index (χ0v) is 17.5. The summed E-state index contributed by atoms with van der Waals surface area (Å²) in [7, 11) is 0. The Morgan fingerprint density at radius 2 is 1.78 bits per heavy atom. The number of halogens is 3. The van der Waals surface area contributed by atoms with Crippen LogP contribution in [0.2, 0.25) is 0 Å². The van der Waals surface area contributed by atoms with Gasteiger partial charge >= 0.3 is 6.18 Å². The van der Waals surface area contributed by atoms with Crippen molar-refractivity contribution in [3.05, 3.63) is 59.7 Å². The van der Waals surface area contributed by atoms with Crippen molar-refractivity contribution in [2.24, 2.45) is 5.92 Å². The summed E-state index contributed by atoms with van der Waals surface area (Å²) in [6.45, 7) is 3.07. The molecule has 1 atom stereocenters. The minimum atomic E-state index is -4.50. The minimum absolute atomic E-state index is 0.0276. The van der Waals surface area contributed by atoms with Gasteiger partial charge in [-0.1, -0.05) is 19.4 Å². The van der Waals surface area contributed by atoms with Gasteiger partial charge in [-0.05, 0) is 48.9 Å². The van der Waals surface area contributed by atoms with Crippen molar-refractivity contribution in [2.75, 3.05) is 23.7 Å². The van der Waals surface area contributed by atoms with Crippen molar-refractivity contribution in [1.82, 2.24) is 4.90 Å². The molecule has 0 unspecified atom stereocenters. The standard InChI is InChI=1S/C23H24F3N3O3/c1-2-3-11-29-14-16(12-20(29)30)22(32)27-18-9-7-15(8-10-18)21(31)28-19-6-4-5-17(13-19)23(24,25)26/h4-10,13,16H,2-3,11-12,14H2,1H3,(H,27,32)(H,28,31)/t16-/m1/s1. The highest BCUT2D eigenvalue weighted by Crippen LogP contribution is 2.30. The van der Waals surface area contributed by atoms with E-state index in [1.165, 1.54) is 36.4 Å². The average Bonchev–Trinajstić information content (AvgIpc) is 3.13. The molecule has 2 aromatic rings. The van der Waals surface area contributed by atoms with E-state index in [1.807, 2.05) is 6.92 Å². The first kappa shape index (κ1) is 23.3. The maximum absolute atomic E-state index is 12.8. The zero-order valence-electron chi connectivity index (χ0n) is 17.5. The lowest BCUT2D eigenvalue weighted by molar-refractivity contribution is -0.137. The van der Waals surface area contributed by atoms with E-state index < -0.39 is 23.6 Å². The van der Waals surface area contributed by atoms with Gasteiger partial charge in [0.15, 0.2) is 0 Å². The fraction of sp³-hybridized carbons (Fsp3) is 0.348. The Morgan fingerprint density at radius 1 is 1.06 bits per heavy atom. The molecule has 2 N–H and O–H groups in total. The Labute approximate surface area is 183 Å². The third-order valence-electron chi connectivity index (χ3n) is 5.23. The second-order valence-corrected chi connectivity index (χ2v) is 7.69. The molecule has 1 aliphatic heterocycles. The van der Waals surface area contributed by atoms with Gasteiger partial charge in [-0.25, -0.2) is 0 Å². The summed E-state index contributed by atoms with van der Waals surface area (Å²) in [5.74, 6) is -1.29. The van der Waals surface area contributed by atoms with Crippen LogP contribution in [0.25, 0.3) is 0 Å². The quantitative estimate of drug-likeness (QED) is 0.654.